The Hall–Kier alpha value is -3.35. The number of hydrogen-bond donors (Lipinski definition) is 1. The molecule has 0 spiro atoms. The van der Waals surface area contributed by atoms with E-state index in [0.29, 0.717) is 0 Å². The number of hydrogen-bond acceptors (Lipinski definition) is 9. The van der Waals surface area contributed by atoms with E-state index in [-0.39, 0.29) is 38.8 Å². The van der Waals surface area contributed by atoms with Gasteiger partial charge < -0.3 is 5.11 Å². The average Bonchev–Trinajstić information content (AvgIpc) is 2.82. The van der Waals surface area contributed by atoms with Gasteiger partial charge in [-0.2, -0.15) is 13.5 Å². The first-order valence-electron chi connectivity index (χ1n) is 10.5. The molecule has 0 aliphatic heterocycles. The van der Waals surface area contributed by atoms with Crippen LogP contribution in [-0.2, 0) is 36.4 Å². The number of aryl methyl sites for hydroxylation is 1. The molecule has 0 amide bonds. The Morgan fingerprint density at radius 2 is 1.46 bits per heavy atom. The third-order valence-corrected chi connectivity index (χ3v) is 8.35. The van der Waals surface area contributed by atoms with E-state index in [0.717, 1.165) is 17.2 Å². The van der Waals surface area contributed by atoms with Crippen LogP contribution in [0.5, 0.6) is 5.88 Å². The summed E-state index contributed by atoms with van der Waals surface area (Å²) in [6.07, 6.45) is 0. The molecule has 2 aromatic carbocycles. The summed E-state index contributed by atoms with van der Waals surface area (Å²) in [7, 11) is -6.70. The number of sulfone groups is 1. The van der Waals surface area contributed by atoms with Gasteiger partial charge in [0, 0.05) is 12.1 Å². The summed E-state index contributed by atoms with van der Waals surface area (Å²) < 4.78 is 55.0. The molecule has 12 heteroatoms. The van der Waals surface area contributed by atoms with Crippen LogP contribution < -0.4 is 5.56 Å². The maximum atomic E-state index is 12.8. The smallest absolute Gasteiger partial charge is 0.281 e. The lowest BCUT2D eigenvalue weighted by atomic mass is 10.1. The maximum absolute atomic E-state index is 12.8. The van der Waals surface area contributed by atoms with E-state index in [1.165, 1.54) is 43.3 Å². The van der Waals surface area contributed by atoms with Crippen LogP contribution in [0.4, 0.5) is 11.4 Å². The molecule has 0 radical (unpaired) electrons. The zero-order valence-corrected chi connectivity index (χ0v) is 21.2. The summed E-state index contributed by atoms with van der Waals surface area (Å²) in [5.41, 5.74) is 0.524. The van der Waals surface area contributed by atoms with Crippen molar-refractivity contribution in [3.05, 3.63) is 75.6 Å². The van der Waals surface area contributed by atoms with Gasteiger partial charge in [0.05, 0.1) is 22.6 Å². The summed E-state index contributed by atoms with van der Waals surface area (Å²) in [6, 6.07) is 12.1. The topological polar surface area (TPSA) is 144 Å². The Morgan fingerprint density at radius 1 is 0.914 bits per heavy atom. The van der Waals surface area contributed by atoms with Gasteiger partial charge >= 0.3 is 0 Å². The van der Waals surface area contributed by atoms with Crippen molar-refractivity contribution < 1.29 is 26.1 Å². The molecular formula is C23H25N3O7S2. The van der Waals surface area contributed by atoms with E-state index in [1.54, 1.807) is 19.1 Å². The van der Waals surface area contributed by atoms with E-state index in [9.17, 15) is 26.7 Å². The SMILES string of the molecule is CCn1c(O)c(CS(=O)(=O)OC)c(C)c(N=Nc2ccc(S(=O)(=O)c3ccc(C)cc3)cc2)c1=O. The molecule has 10 nitrogen and oxygen atoms in total. The Bertz CT molecular complexity index is 1540. The lowest BCUT2D eigenvalue weighted by Crippen LogP contribution is -2.22. The quantitative estimate of drug-likeness (QED) is 0.351. The maximum Gasteiger partial charge on any atom is 0.281 e. The zero-order chi connectivity index (χ0) is 26.0. The molecule has 0 atom stereocenters. The third kappa shape index (κ3) is 5.50. The van der Waals surface area contributed by atoms with Crippen LogP contribution in [0.1, 0.15) is 23.6 Å². The lowest BCUT2D eigenvalue weighted by molar-refractivity contribution is 0.388. The van der Waals surface area contributed by atoms with Gasteiger partial charge in [-0.3, -0.25) is 13.5 Å². The molecule has 0 unspecified atom stereocenters. The van der Waals surface area contributed by atoms with Crippen LogP contribution in [0.25, 0.3) is 0 Å². The fourth-order valence-electron chi connectivity index (χ4n) is 3.33. The molecule has 1 heterocycles. The molecule has 0 aliphatic rings. The van der Waals surface area contributed by atoms with Crippen LogP contribution in [0.2, 0.25) is 0 Å². The van der Waals surface area contributed by atoms with Crippen molar-refractivity contribution in [3.8, 4) is 5.88 Å². The first-order chi connectivity index (χ1) is 16.4. The molecule has 3 aromatic rings. The van der Waals surface area contributed by atoms with Gasteiger partial charge in [-0.25, -0.2) is 8.42 Å². The van der Waals surface area contributed by atoms with Crippen molar-refractivity contribution in [1.82, 2.24) is 4.57 Å². The fraction of sp³-hybridized carbons (Fsp3) is 0.261. The highest BCUT2D eigenvalue weighted by atomic mass is 32.2. The number of pyridine rings is 1. The van der Waals surface area contributed by atoms with Crippen molar-refractivity contribution >= 4 is 31.3 Å². The van der Waals surface area contributed by atoms with E-state index < -0.39 is 37.1 Å². The van der Waals surface area contributed by atoms with Gasteiger partial charge in [0.1, 0.15) is 5.75 Å². The monoisotopic (exact) mass is 519 g/mol. The highest BCUT2D eigenvalue weighted by molar-refractivity contribution is 7.91. The van der Waals surface area contributed by atoms with Crippen molar-refractivity contribution in [2.45, 2.75) is 42.9 Å². The number of rotatable bonds is 8. The first-order valence-corrected chi connectivity index (χ1v) is 13.5. The fourth-order valence-corrected chi connectivity index (χ4v) is 5.41. The van der Waals surface area contributed by atoms with Crippen molar-refractivity contribution in [2.24, 2.45) is 10.2 Å². The van der Waals surface area contributed by atoms with E-state index in [2.05, 4.69) is 14.4 Å². The summed E-state index contributed by atoms with van der Waals surface area (Å²) in [4.78, 5) is 13.0. The number of benzene rings is 2. The van der Waals surface area contributed by atoms with Crippen LogP contribution in [0.15, 0.2) is 73.3 Å². The highest BCUT2D eigenvalue weighted by Gasteiger charge is 2.23. The molecule has 0 aliphatic carbocycles. The molecule has 0 bridgehead atoms. The summed E-state index contributed by atoms with van der Waals surface area (Å²) in [5, 5.41) is 18.5. The second-order valence-electron chi connectivity index (χ2n) is 7.70. The van der Waals surface area contributed by atoms with Gasteiger partial charge in [-0.1, -0.05) is 17.7 Å². The van der Waals surface area contributed by atoms with E-state index in [1.807, 2.05) is 6.92 Å². The molecule has 0 saturated carbocycles. The van der Waals surface area contributed by atoms with Crippen LogP contribution in [0, 0.1) is 13.8 Å². The standard InChI is InChI=1S/C23H25N3O7S2/c1-5-26-22(27)20(14-34(29,30)33-4)16(3)21(23(26)28)25-24-17-8-12-19(13-9-17)35(31,32)18-10-6-15(2)7-11-18/h6-13,27H,5,14H2,1-4H3. The van der Waals surface area contributed by atoms with Gasteiger partial charge in [0.15, 0.2) is 11.6 Å². The minimum atomic E-state index is -3.99. The summed E-state index contributed by atoms with van der Waals surface area (Å²) in [5.74, 6) is -1.14. The highest BCUT2D eigenvalue weighted by Crippen LogP contribution is 2.30. The Kier molecular flexibility index (Phi) is 7.58. The van der Waals surface area contributed by atoms with Crippen molar-refractivity contribution in [1.29, 1.82) is 0 Å². The van der Waals surface area contributed by atoms with Crippen LogP contribution in [0.3, 0.4) is 0 Å². The van der Waals surface area contributed by atoms with Gasteiger partial charge in [-0.15, -0.1) is 5.11 Å². The first kappa shape index (κ1) is 26.3. The minimum absolute atomic E-state index is 0.0261. The molecular weight excluding hydrogens is 494 g/mol. The zero-order valence-electron chi connectivity index (χ0n) is 19.6. The molecule has 3 rings (SSSR count). The van der Waals surface area contributed by atoms with Gasteiger partial charge in [0.2, 0.25) is 9.84 Å². The Morgan fingerprint density at radius 3 is 1.97 bits per heavy atom. The molecule has 186 valence electrons. The number of aromatic nitrogens is 1. The molecule has 1 aromatic heterocycles. The Labute approximate surface area is 203 Å². The largest absolute Gasteiger partial charge is 0.494 e. The minimum Gasteiger partial charge on any atom is -0.494 e. The van der Waals surface area contributed by atoms with E-state index >= 15 is 0 Å². The molecule has 1 N–H and O–H groups in total. The number of aromatic hydroxyl groups is 1. The van der Waals surface area contributed by atoms with Crippen molar-refractivity contribution in [3.63, 3.8) is 0 Å². The Balaban J connectivity index is 1.99. The van der Waals surface area contributed by atoms with Crippen LogP contribution >= 0.6 is 0 Å². The summed E-state index contributed by atoms with van der Waals surface area (Å²) >= 11 is 0. The lowest BCUT2D eigenvalue weighted by Gasteiger charge is -2.15. The molecule has 0 saturated heterocycles. The predicted octanol–water partition coefficient (Wildman–Crippen LogP) is 3.92. The second kappa shape index (κ2) is 10.1. The normalized spacial score (nSPS) is 12.3. The van der Waals surface area contributed by atoms with E-state index in [4.69, 9.17) is 0 Å². The second-order valence-corrected chi connectivity index (χ2v) is 11.4. The van der Waals surface area contributed by atoms with Gasteiger partial charge in [0.25, 0.3) is 15.7 Å². The third-order valence-electron chi connectivity index (χ3n) is 5.42. The number of azo groups is 1. The molecule has 0 fully saturated rings. The van der Waals surface area contributed by atoms with Gasteiger partial charge in [-0.05, 0) is 62.7 Å². The van der Waals surface area contributed by atoms with Crippen LogP contribution in [-0.4, -0.2) is 33.6 Å². The average molecular weight is 520 g/mol. The number of nitrogens with zero attached hydrogens (tertiary/aromatic N) is 3. The summed E-state index contributed by atoms with van der Waals surface area (Å²) in [6.45, 7) is 4.99. The van der Waals surface area contributed by atoms with Crippen molar-refractivity contribution in [2.75, 3.05) is 7.11 Å². The predicted molar refractivity (Wildman–Crippen MR) is 130 cm³/mol. The molecule has 35 heavy (non-hydrogen) atoms.